The lowest BCUT2D eigenvalue weighted by molar-refractivity contribution is -0.120. The SMILES string of the molecule is NCCCc1cccc(C2CCCC(=O)C2)c1. The number of nitrogens with two attached hydrogens (primary N) is 1. The Labute approximate surface area is 103 Å². The zero-order chi connectivity index (χ0) is 12.1. The van der Waals surface area contributed by atoms with Crippen LogP contribution in [0.15, 0.2) is 24.3 Å². The molecule has 0 heterocycles. The molecular formula is C15H21NO. The fraction of sp³-hybridized carbons (Fsp3) is 0.533. The molecular weight excluding hydrogens is 210 g/mol. The van der Waals surface area contributed by atoms with Gasteiger partial charge >= 0.3 is 0 Å². The first kappa shape index (κ1) is 12.3. The second kappa shape index (κ2) is 5.97. The smallest absolute Gasteiger partial charge is 0.133 e. The van der Waals surface area contributed by atoms with Gasteiger partial charge in [-0.2, -0.15) is 0 Å². The highest BCUT2D eigenvalue weighted by Crippen LogP contribution is 2.31. The van der Waals surface area contributed by atoms with Crippen LogP contribution in [0.2, 0.25) is 0 Å². The topological polar surface area (TPSA) is 43.1 Å². The summed E-state index contributed by atoms with van der Waals surface area (Å²) in [7, 11) is 0. The van der Waals surface area contributed by atoms with Gasteiger partial charge in [-0.05, 0) is 49.3 Å². The Morgan fingerprint density at radius 1 is 1.35 bits per heavy atom. The van der Waals surface area contributed by atoms with Crippen LogP contribution in [0.3, 0.4) is 0 Å². The molecule has 0 aliphatic heterocycles. The van der Waals surface area contributed by atoms with E-state index in [0.717, 1.165) is 45.1 Å². The number of hydrogen-bond donors (Lipinski definition) is 1. The van der Waals surface area contributed by atoms with Crippen molar-refractivity contribution in [2.24, 2.45) is 5.73 Å². The molecule has 1 fully saturated rings. The lowest BCUT2D eigenvalue weighted by Crippen LogP contribution is -2.13. The number of carbonyl (C=O) groups is 1. The molecule has 2 heteroatoms. The lowest BCUT2D eigenvalue weighted by Gasteiger charge is -2.21. The van der Waals surface area contributed by atoms with E-state index < -0.39 is 0 Å². The Hall–Kier alpha value is -1.15. The van der Waals surface area contributed by atoms with E-state index in [2.05, 4.69) is 24.3 Å². The zero-order valence-electron chi connectivity index (χ0n) is 10.3. The van der Waals surface area contributed by atoms with E-state index in [1.165, 1.54) is 11.1 Å². The van der Waals surface area contributed by atoms with Crippen LogP contribution in [-0.2, 0) is 11.2 Å². The molecule has 17 heavy (non-hydrogen) atoms. The van der Waals surface area contributed by atoms with Gasteiger partial charge in [0, 0.05) is 12.8 Å². The first-order chi connectivity index (χ1) is 8.29. The van der Waals surface area contributed by atoms with E-state index in [1.54, 1.807) is 0 Å². The Balaban J connectivity index is 2.06. The number of rotatable bonds is 4. The zero-order valence-corrected chi connectivity index (χ0v) is 10.3. The summed E-state index contributed by atoms with van der Waals surface area (Å²) in [5.74, 6) is 0.877. The summed E-state index contributed by atoms with van der Waals surface area (Å²) in [6.07, 6.45) is 5.81. The third kappa shape index (κ3) is 3.40. The maximum atomic E-state index is 11.5. The van der Waals surface area contributed by atoms with Gasteiger partial charge in [0.25, 0.3) is 0 Å². The monoisotopic (exact) mass is 231 g/mol. The molecule has 1 aromatic rings. The average molecular weight is 231 g/mol. The number of Topliss-reactive ketones (excluding diaryl/α,β-unsaturated/α-hetero) is 1. The third-order valence-electron chi connectivity index (χ3n) is 3.57. The number of carbonyl (C=O) groups excluding carboxylic acids is 1. The van der Waals surface area contributed by atoms with Crippen molar-refractivity contribution in [2.45, 2.75) is 44.4 Å². The molecule has 1 saturated carbocycles. The summed E-state index contributed by atoms with van der Waals surface area (Å²) in [6, 6.07) is 8.69. The molecule has 1 atom stereocenters. The number of ketones is 1. The molecule has 0 amide bonds. The highest BCUT2D eigenvalue weighted by atomic mass is 16.1. The van der Waals surface area contributed by atoms with Gasteiger partial charge in [0.1, 0.15) is 5.78 Å². The van der Waals surface area contributed by atoms with Gasteiger partial charge in [-0.25, -0.2) is 0 Å². The van der Waals surface area contributed by atoms with Crippen LogP contribution >= 0.6 is 0 Å². The minimum Gasteiger partial charge on any atom is -0.330 e. The Kier molecular flexibility index (Phi) is 4.32. The Morgan fingerprint density at radius 2 is 2.24 bits per heavy atom. The van der Waals surface area contributed by atoms with Crippen molar-refractivity contribution in [3.63, 3.8) is 0 Å². The lowest BCUT2D eigenvalue weighted by atomic mass is 9.83. The highest BCUT2D eigenvalue weighted by Gasteiger charge is 2.20. The van der Waals surface area contributed by atoms with Gasteiger partial charge in [0.2, 0.25) is 0 Å². The predicted octanol–water partition coefficient (Wildman–Crippen LogP) is 2.80. The van der Waals surface area contributed by atoms with Crippen LogP contribution in [0.5, 0.6) is 0 Å². The normalized spacial score (nSPS) is 20.5. The van der Waals surface area contributed by atoms with E-state index in [4.69, 9.17) is 5.73 Å². The molecule has 92 valence electrons. The largest absolute Gasteiger partial charge is 0.330 e. The van der Waals surface area contributed by atoms with Crippen molar-refractivity contribution in [1.29, 1.82) is 0 Å². The average Bonchev–Trinajstić information content (AvgIpc) is 2.37. The second-order valence-corrected chi connectivity index (χ2v) is 4.97. The molecule has 0 bridgehead atoms. The van der Waals surface area contributed by atoms with Gasteiger partial charge in [-0.1, -0.05) is 24.3 Å². The van der Waals surface area contributed by atoms with Gasteiger partial charge in [0.15, 0.2) is 0 Å². The van der Waals surface area contributed by atoms with Crippen molar-refractivity contribution in [3.05, 3.63) is 35.4 Å². The number of hydrogen-bond acceptors (Lipinski definition) is 2. The van der Waals surface area contributed by atoms with Gasteiger partial charge in [-0.15, -0.1) is 0 Å². The molecule has 1 aliphatic carbocycles. The fourth-order valence-corrected chi connectivity index (χ4v) is 2.62. The maximum Gasteiger partial charge on any atom is 0.133 e. The molecule has 1 unspecified atom stereocenters. The van der Waals surface area contributed by atoms with Gasteiger partial charge in [-0.3, -0.25) is 4.79 Å². The molecule has 2 nitrogen and oxygen atoms in total. The van der Waals surface area contributed by atoms with E-state index in [9.17, 15) is 4.79 Å². The molecule has 2 rings (SSSR count). The summed E-state index contributed by atoms with van der Waals surface area (Å²) < 4.78 is 0. The molecule has 0 aromatic heterocycles. The molecule has 1 aliphatic rings. The van der Waals surface area contributed by atoms with E-state index in [0.29, 0.717) is 11.7 Å². The van der Waals surface area contributed by atoms with Crippen LogP contribution in [0.25, 0.3) is 0 Å². The van der Waals surface area contributed by atoms with Crippen LogP contribution < -0.4 is 5.73 Å². The van der Waals surface area contributed by atoms with E-state index in [1.807, 2.05) is 0 Å². The van der Waals surface area contributed by atoms with Crippen LogP contribution in [0.4, 0.5) is 0 Å². The maximum absolute atomic E-state index is 11.5. The summed E-state index contributed by atoms with van der Waals surface area (Å²) in [4.78, 5) is 11.5. The van der Waals surface area contributed by atoms with E-state index >= 15 is 0 Å². The summed E-state index contributed by atoms with van der Waals surface area (Å²) in [5.41, 5.74) is 8.22. The number of benzene rings is 1. The second-order valence-electron chi connectivity index (χ2n) is 4.97. The van der Waals surface area contributed by atoms with Gasteiger partial charge < -0.3 is 5.73 Å². The van der Waals surface area contributed by atoms with Crippen molar-refractivity contribution >= 4 is 5.78 Å². The summed E-state index contributed by atoms with van der Waals surface area (Å²) >= 11 is 0. The standard InChI is InChI=1S/C15H21NO/c16-9-3-5-12-4-1-6-13(10-12)14-7-2-8-15(17)11-14/h1,4,6,10,14H,2-3,5,7-9,11,16H2. The van der Waals surface area contributed by atoms with Gasteiger partial charge in [0.05, 0.1) is 0 Å². The molecule has 0 saturated heterocycles. The van der Waals surface area contributed by atoms with Crippen LogP contribution in [-0.4, -0.2) is 12.3 Å². The summed E-state index contributed by atoms with van der Waals surface area (Å²) in [6.45, 7) is 0.742. The molecule has 0 radical (unpaired) electrons. The Bertz CT molecular complexity index is 386. The van der Waals surface area contributed by atoms with E-state index in [-0.39, 0.29) is 0 Å². The van der Waals surface area contributed by atoms with Crippen molar-refractivity contribution in [2.75, 3.05) is 6.54 Å². The highest BCUT2D eigenvalue weighted by molar-refractivity contribution is 5.80. The molecule has 0 spiro atoms. The summed E-state index contributed by atoms with van der Waals surface area (Å²) in [5, 5.41) is 0. The first-order valence-electron chi connectivity index (χ1n) is 6.60. The third-order valence-corrected chi connectivity index (χ3v) is 3.57. The molecule has 2 N–H and O–H groups in total. The van der Waals surface area contributed by atoms with Crippen LogP contribution in [0, 0.1) is 0 Å². The fourth-order valence-electron chi connectivity index (χ4n) is 2.62. The first-order valence-corrected chi connectivity index (χ1v) is 6.60. The minimum absolute atomic E-state index is 0.425. The minimum atomic E-state index is 0.425. The van der Waals surface area contributed by atoms with Crippen molar-refractivity contribution < 1.29 is 4.79 Å². The predicted molar refractivity (Wildman–Crippen MR) is 70.0 cm³/mol. The Morgan fingerprint density at radius 3 is 3.00 bits per heavy atom. The van der Waals surface area contributed by atoms with Crippen molar-refractivity contribution in [1.82, 2.24) is 0 Å². The number of aryl methyl sites for hydroxylation is 1. The molecule has 1 aromatic carbocycles. The quantitative estimate of drug-likeness (QED) is 0.866. The van der Waals surface area contributed by atoms with Crippen molar-refractivity contribution in [3.8, 4) is 0 Å². The van der Waals surface area contributed by atoms with Crippen LogP contribution in [0.1, 0.15) is 49.1 Å².